The molecule has 0 atom stereocenters. The molecule has 5 heteroatoms. The lowest BCUT2D eigenvalue weighted by Gasteiger charge is -2.26. The minimum absolute atomic E-state index is 0.171. The number of nitrogens with zero attached hydrogens (tertiary/aromatic N) is 1. The van der Waals surface area contributed by atoms with Crippen molar-refractivity contribution in [3.05, 3.63) is 29.3 Å². The van der Waals surface area contributed by atoms with Gasteiger partial charge in [-0.1, -0.05) is 25.1 Å². The summed E-state index contributed by atoms with van der Waals surface area (Å²) >= 11 is 0. The van der Waals surface area contributed by atoms with Gasteiger partial charge >= 0.3 is 0 Å². The summed E-state index contributed by atoms with van der Waals surface area (Å²) in [7, 11) is -3.08. The molecule has 1 N–H and O–H groups in total. The first-order valence-electron chi connectivity index (χ1n) is 6.34. The molecule has 1 fully saturated rings. The van der Waals surface area contributed by atoms with Crippen molar-refractivity contribution in [1.82, 2.24) is 4.72 Å². The van der Waals surface area contributed by atoms with E-state index in [1.807, 2.05) is 0 Å². The average Bonchev–Trinajstić information content (AvgIpc) is 2.50. The van der Waals surface area contributed by atoms with Crippen LogP contribution in [0.1, 0.15) is 18.1 Å². The zero-order valence-electron chi connectivity index (χ0n) is 10.9. The van der Waals surface area contributed by atoms with Crippen molar-refractivity contribution in [3.63, 3.8) is 0 Å². The highest BCUT2D eigenvalue weighted by atomic mass is 32.2. The van der Waals surface area contributed by atoms with Gasteiger partial charge in [0.25, 0.3) is 0 Å². The van der Waals surface area contributed by atoms with Crippen molar-refractivity contribution in [2.75, 3.05) is 30.3 Å². The number of para-hydroxylation sites is 1. The summed E-state index contributed by atoms with van der Waals surface area (Å²) in [6.07, 6.45) is 0.966. The second-order valence-electron chi connectivity index (χ2n) is 4.64. The van der Waals surface area contributed by atoms with Gasteiger partial charge in [-0.05, 0) is 24.5 Å². The molecule has 0 spiro atoms. The smallest absolute Gasteiger partial charge is 0.213 e. The maximum Gasteiger partial charge on any atom is 0.213 e. The van der Waals surface area contributed by atoms with Crippen molar-refractivity contribution in [2.24, 2.45) is 0 Å². The quantitative estimate of drug-likeness (QED) is 0.879. The predicted molar refractivity (Wildman–Crippen MR) is 74.6 cm³/mol. The molecule has 0 amide bonds. The molecule has 0 unspecified atom stereocenters. The normalized spacial score (nSPS) is 19.6. The van der Waals surface area contributed by atoms with Crippen LogP contribution >= 0.6 is 0 Å². The highest BCUT2D eigenvalue weighted by molar-refractivity contribution is 7.89. The SMILES string of the molecule is CCc1cccc(C)c1N1CCNS(=O)(=O)CC1. The Labute approximate surface area is 109 Å². The maximum atomic E-state index is 11.5. The number of aryl methyl sites for hydroxylation is 2. The molecule has 100 valence electrons. The molecule has 1 aliphatic rings. The topological polar surface area (TPSA) is 49.4 Å². The van der Waals surface area contributed by atoms with Gasteiger partial charge in [0.1, 0.15) is 0 Å². The molecule has 0 bridgehead atoms. The average molecular weight is 268 g/mol. The van der Waals surface area contributed by atoms with Crippen molar-refractivity contribution < 1.29 is 8.42 Å². The predicted octanol–water partition coefficient (Wildman–Crippen LogP) is 1.30. The Morgan fingerprint density at radius 1 is 1.33 bits per heavy atom. The lowest BCUT2D eigenvalue weighted by Crippen LogP contribution is -2.29. The van der Waals surface area contributed by atoms with Gasteiger partial charge < -0.3 is 4.90 Å². The summed E-state index contributed by atoms with van der Waals surface area (Å²) in [5.74, 6) is 0.171. The van der Waals surface area contributed by atoms with E-state index < -0.39 is 10.0 Å². The second-order valence-corrected chi connectivity index (χ2v) is 6.56. The Hall–Kier alpha value is -1.07. The Kier molecular flexibility index (Phi) is 3.92. The van der Waals surface area contributed by atoms with E-state index in [1.54, 1.807) is 0 Å². The van der Waals surface area contributed by atoms with Crippen LogP contribution in [-0.2, 0) is 16.4 Å². The van der Waals surface area contributed by atoms with Crippen molar-refractivity contribution in [1.29, 1.82) is 0 Å². The van der Waals surface area contributed by atoms with Crippen LogP contribution in [0.25, 0.3) is 0 Å². The molecule has 1 aromatic carbocycles. The largest absolute Gasteiger partial charge is 0.369 e. The summed E-state index contributed by atoms with van der Waals surface area (Å²) in [4.78, 5) is 2.19. The maximum absolute atomic E-state index is 11.5. The molecule has 4 nitrogen and oxygen atoms in total. The van der Waals surface area contributed by atoms with Gasteiger partial charge in [-0.15, -0.1) is 0 Å². The number of sulfonamides is 1. The van der Waals surface area contributed by atoms with E-state index in [0.717, 1.165) is 13.0 Å². The monoisotopic (exact) mass is 268 g/mol. The molecular weight excluding hydrogens is 248 g/mol. The molecule has 0 aromatic heterocycles. The van der Waals surface area contributed by atoms with Crippen LogP contribution in [0.5, 0.6) is 0 Å². The van der Waals surface area contributed by atoms with Crippen molar-refractivity contribution in [3.8, 4) is 0 Å². The van der Waals surface area contributed by atoms with Crippen molar-refractivity contribution >= 4 is 15.7 Å². The summed E-state index contributed by atoms with van der Waals surface area (Å²) in [6.45, 7) is 6.00. The van der Waals surface area contributed by atoms with Gasteiger partial charge in [0.2, 0.25) is 10.0 Å². The van der Waals surface area contributed by atoms with Gasteiger partial charge in [0.05, 0.1) is 5.75 Å². The van der Waals surface area contributed by atoms with E-state index in [-0.39, 0.29) is 5.75 Å². The van der Waals surface area contributed by atoms with E-state index in [9.17, 15) is 8.42 Å². The van der Waals surface area contributed by atoms with Crippen molar-refractivity contribution in [2.45, 2.75) is 20.3 Å². The first-order valence-corrected chi connectivity index (χ1v) is 7.99. The van der Waals surface area contributed by atoms with E-state index in [0.29, 0.717) is 13.1 Å². The van der Waals surface area contributed by atoms with Gasteiger partial charge in [-0.2, -0.15) is 0 Å². The standard InChI is InChI=1S/C13H20N2O2S/c1-3-12-6-4-5-11(2)13(12)15-8-7-14-18(16,17)10-9-15/h4-6,14H,3,7-10H2,1-2H3. The Morgan fingerprint density at radius 3 is 2.83 bits per heavy atom. The fraction of sp³-hybridized carbons (Fsp3) is 0.538. The van der Waals surface area contributed by atoms with Gasteiger partial charge in [0, 0.05) is 25.3 Å². The van der Waals surface area contributed by atoms with Crippen LogP contribution in [0.3, 0.4) is 0 Å². The molecule has 0 aliphatic carbocycles. The first kappa shape index (κ1) is 13.4. The van der Waals surface area contributed by atoms with Crippen LogP contribution < -0.4 is 9.62 Å². The highest BCUT2D eigenvalue weighted by Crippen LogP contribution is 2.26. The van der Waals surface area contributed by atoms with Gasteiger partial charge in [-0.25, -0.2) is 13.1 Å². The van der Waals surface area contributed by atoms with Crippen LogP contribution in [0.2, 0.25) is 0 Å². The zero-order chi connectivity index (χ0) is 13.2. The number of nitrogens with one attached hydrogen (secondary N) is 1. The number of rotatable bonds is 2. The van der Waals surface area contributed by atoms with Gasteiger partial charge in [-0.3, -0.25) is 0 Å². The summed E-state index contributed by atoms with van der Waals surface area (Å²) in [5, 5.41) is 0. The third-order valence-corrected chi connectivity index (χ3v) is 4.72. The molecule has 2 rings (SSSR count). The minimum atomic E-state index is -3.08. The molecule has 1 heterocycles. The third kappa shape index (κ3) is 2.84. The van der Waals surface area contributed by atoms with Crippen LogP contribution in [0.4, 0.5) is 5.69 Å². The molecule has 0 saturated carbocycles. The number of benzene rings is 1. The fourth-order valence-corrected chi connectivity index (χ4v) is 3.44. The first-order chi connectivity index (χ1) is 8.53. The molecular formula is C13H20N2O2S. The Balaban J connectivity index is 2.31. The molecule has 1 aromatic rings. The van der Waals surface area contributed by atoms with Crippen LogP contribution in [-0.4, -0.2) is 33.8 Å². The summed E-state index contributed by atoms with van der Waals surface area (Å²) < 4.78 is 25.7. The Morgan fingerprint density at radius 2 is 2.11 bits per heavy atom. The molecule has 18 heavy (non-hydrogen) atoms. The highest BCUT2D eigenvalue weighted by Gasteiger charge is 2.20. The fourth-order valence-electron chi connectivity index (χ4n) is 2.43. The third-order valence-electron chi connectivity index (χ3n) is 3.35. The van der Waals surface area contributed by atoms with Gasteiger partial charge in [0.15, 0.2) is 0 Å². The minimum Gasteiger partial charge on any atom is -0.369 e. The lowest BCUT2D eigenvalue weighted by atomic mass is 10.0. The molecule has 0 radical (unpaired) electrons. The van der Waals surface area contributed by atoms with E-state index in [1.165, 1.54) is 16.8 Å². The van der Waals surface area contributed by atoms with E-state index in [4.69, 9.17) is 0 Å². The Bertz CT molecular complexity index is 526. The summed E-state index contributed by atoms with van der Waals surface area (Å²) in [5.41, 5.74) is 3.71. The van der Waals surface area contributed by atoms with E-state index in [2.05, 4.69) is 41.7 Å². The number of hydrogen-bond donors (Lipinski definition) is 1. The second kappa shape index (κ2) is 5.28. The molecule has 1 aliphatic heterocycles. The van der Waals surface area contributed by atoms with E-state index >= 15 is 0 Å². The summed E-state index contributed by atoms with van der Waals surface area (Å²) in [6, 6.07) is 6.26. The zero-order valence-corrected chi connectivity index (χ0v) is 11.8. The number of anilines is 1. The lowest BCUT2D eigenvalue weighted by molar-refractivity contribution is 0.586. The number of hydrogen-bond acceptors (Lipinski definition) is 3. The van der Waals surface area contributed by atoms with Crippen LogP contribution in [0.15, 0.2) is 18.2 Å². The molecule has 1 saturated heterocycles. The van der Waals surface area contributed by atoms with Crippen LogP contribution in [0, 0.1) is 6.92 Å².